The van der Waals surface area contributed by atoms with E-state index in [0.717, 1.165) is 22.9 Å². The first-order valence-corrected chi connectivity index (χ1v) is 6.96. The molecule has 106 valence electrons. The fraction of sp³-hybridized carbons (Fsp3) is 0.0588. The number of halogens is 1. The summed E-state index contributed by atoms with van der Waals surface area (Å²) in [6.45, 7) is 0. The molecule has 3 aromatic rings. The number of pyridine rings is 2. The van der Waals surface area contributed by atoms with Crippen LogP contribution in [0.3, 0.4) is 0 Å². The molecule has 0 saturated heterocycles. The van der Waals surface area contributed by atoms with Gasteiger partial charge in [0, 0.05) is 35.5 Å². The monoisotopic (exact) mass is 307 g/mol. The Balaban J connectivity index is 2.07. The van der Waals surface area contributed by atoms with Gasteiger partial charge in [0.05, 0.1) is 16.1 Å². The van der Waals surface area contributed by atoms with E-state index in [1.807, 2.05) is 6.07 Å². The minimum absolute atomic E-state index is 0.496. The van der Waals surface area contributed by atoms with Gasteiger partial charge in [0.1, 0.15) is 12.4 Å². The summed E-state index contributed by atoms with van der Waals surface area (Å²) in [6.07, 6.45) is 4.44. The van der Waals surface area contributed by atoms with Crippen LogP contribution in [0.25, 0.3) is 10.9 Å². The molecular weight excluding hydrogens is 298 g/mol. The van der Waals surface area contributed by atoms with Crippen LogP contribution in [0.2, 0.25) is 5.02 Å². The lowest BCUT2D eigenvalue weighted by Gasteiger charge is -2.06. The molecule has 0 saturated carbocycles. The second-order valence-corrected chi connectivity index (χ2v) is 5.29. The highest BCUT2D eigenvalue weighted by atomic mass is 35.5. The number of nitriles is 1. The average molecular weight is 308 g/mol. The zero-order valence-electron chi connectivity index (χ0n) is 11.5. The highest BCUT2D eigenvalue weighted by Gasteiger charge is 2.07. The molecule has 0 aliphatic heterocycles. The van der Waals surface area contributed by atoms with Crippen molar-refractivity contribution in [2.45, 2.75) is 6.42 Å². The molecule has 0 bridgehead atoms. The van der Waals surface area contributed by atoms with Crippen LogP contribution in [0, 0.1) is 11.3 Å². The fourth-order valence-electron chi connectivity index (χ4n) is 2.35. The predicted octanol–water partition coefficient (Wildman–Crippen LogP) is 3.56. The Hall–Kier alpha value is -2.77. The largest absolute Gasteiger partial charge is 0.298 e. The number of carbonyl (C=O) groups excluding carboxylic acids is 1. The molecule has 1 aromatic carbocycles. The average Bonchev–Trinajstić information content (AvgIpc) is 2.53. The molecule has 4 nitrogen and oxygen atoms in total. The van der Waals surface area contributed by atoms with Gasteiger partial charge in [0.2, 0.25) is 0 Å². The first-order chi connectivity index (χ1) is 10.7. The van der Waals surface area contributed by atoms with Gasteiger partial charge in [-0.3, -0.25) is 14.8 Å². The minimum Gasteiger partial charge on any atom is -0.298 e. The van der Waals surface area contributed by atoms with Crippen molar-refractivity contribution in [1.82, 2.24) is 9.97 Å². The number of aromatic nitrogens is 2. The van der Waals surface area contributed by atoms with Crippen molar-refractivity contribution in [2.75, 3.05) is 0 Å². The van der Waals surface area contributed by atoms with Crippen molar-refractivity contribution in [3.8, 4) is 6.07 Å². The van der Waals surface area contributed by atoms with Gasteiger partial charge >= 0.3 is 0 Å². The van der Waals surface area contributed by atoms with Crippen LogP contribution in [0.15, 0.2) is 42.7 Å². The Kier molecular flexibility index (Phi) is 3.82. The van der Waals surface area contributed by atoms with E-state index in [0.29, 0.717) is 28.1 Å². The minimum atomic E-state index is 0.496. The van der Waals surface area contributed by atoms with Gasteiger partial charge in [-0.15, -0.1) is 0 Å². The molecule has 2 aromatic heterocycles. The lowest BCUT2D eigenvalue weighted by atomic mass is 10.0. The number of aldehydes is 1. The van der Waals surface area contributed by atoms with E-state index in [2.05, 4.69) is 16.0 Å². The molecule has 0 fully saturated rings. The summed E-state index contributed by atoms with van der Waals surface area (Å²) in [5, 5.41) is 10.6. The van der Waals surface area contributed by atoms with E-state index in [1.54, 1.807) is 30.5 Å². The number of nitrogens with zero attached hydrogens (tertiary/aromatic N) is 3. The van der Waals surface area contributed by atoms with Gasteiger partial charge in [0.15, 0.2) is 0 Å². The summed E-state index contributed by atoms with van der Waals surface area (Å²) in [4.78, 5) is 19.3. The number of benzene rings is 1. The maximum Gasteiger partial charge on any atom is 0.150 e. The summed E-state index contributed by atoms with van der Waals surface area (Å²) in [5.74, 6) is 0. The Morgan fingerprint density at radius 3 is 2.86 bits per heavy atom. The van der Waals surface area contributed by atoms with Crippen LogP contribution in [0.1, 0.15) is 27.2 Å². The lowest BCUT2D eigenvalue weighted by molar-refractivity contribution is 0.112. The van der Waals surface area contributed by atoms with Crippen LogP contribution < -0.4 is 0 Å². The maximum atomic E-state index is 10.8. The van der Waals surface area contributed by atoms with Crippen molar-refractivity contribution < 1.29 is 4.79 Å². The standard InChI is InChI=1S/C17H10ClN3O/c18-15-7-13-3-12(4-14(8-19)17(13)21-9-15)6-16-5-11(10-22)1-2-20-16/h1-5,7,9-10H,6H2. The number of hydrogen-bond donors (Lipinski definition) is 0. The highest BCUT2D eigenvalue weighted by molar-refractivity contribution is 6.31. The second kappa shape index (κ2) is 5.92. The van der Waals surface area contributed by atoms with Gasteiger partial charge in [-0.1, -0.05) is 11.6 Å². The van der Waals surface area contributed by atoms with Gasteiger partial charge in [-0.2, -0.15) is 5.26 Å². The molecule has 0 N–H and O–H groups in total. The summed E-state index contributed by atoms with van der Waals surface area (Å²) in [7, 11) is 0. The fourth-order valence-corrected chi connectivity index (χ4v) is 2.51. The highest BCUT2D eigenvalue weighted by Crippen LogP contribution is 2.23. The number of fused-ring (bicyclic) bond motifs is 1. The van der Waals surface area contributed by atoms with Crippen molar-refractivity contribution in [1.29, 1.82) is 5.26 Å². The number of hydrogen-bond acceptors (Lipinski definition) is 4. The summed E-state index contributed by atoms with van der Waals surface area (Å²) in [6, 6.07) is 11.1. The zero-order valence-corrected chi connectivity index (χ0v) is 12.2. The van der Waals surface area contributed by atoms with E-state index >= 15 is 0 Å². The molecule has 3 rings (SSSR count). The quantitative estimate of drug-likeness (QED) is 0.694. The summed E-state index contributed by atoms with van der Waals surface area (Å²) < 4.78 is 0. The van der Waals surface area contributed by atoms with E-state index in [9.17, 15) is 10.1 Å². The molecule has 5 heteroatoms. The van der Waals surface area contributed by atoms with Crippen LogP contribution in [0.5, 0.6) is 0 Å². The van der Waals surface area contributed by atoms with Gasteiger partial charge in [-0.25, -0.2) is 0 Å². The second-order valence-electron chi connectivity index (χ2n) is 4.86. The lowest BCUT2D eigenvalue weighted by Crippen LogP contribution is -1.96. The van der Waals surface area contributed by atoms with Crippen LogP contribution in [-0.2, 0) is 6.42 Å². The van der Waals surface area contributed by atoms with E-state index in [1.165, 1.54) is 6.20 Å². The first-order valence-electron chi connectivity index (χ1n) is 6.58. The molecule has 0 unspecified atom stereocenters. The Morgan fingerprint density at radius 2 is 2.09 bits per heavy atom. The van der Waals surface area contributed by atoms with Crippen molar-refractivity contribution in [3.63, 3.8) is 0 Å². The smallest absolute Gasteiger partial charge is 0.150 e. The molecule has 2 heterocycles. The predicted molar refractivity (Wildman–Crippen MR) is 83.9 cm³/mol. The molecule has 0 amide bonds. The third-order valence-corrected chi connectivity index (χ3v) is 3.50. The van der Waals surface area contributed by atoms with Crippen molar-refractivity contribution in [2.24, 2.45) is 0 Å². The molecular formula is C17H10ClN3O. The van der Waals surface area contributed by atoms with Crippen LogP contribution >= 0.6 is 11.6 Å². The van der Waals surface area contributed by atoms with E-state index in [-0.39, 0.29) is 0 Å². The molecule has 0 radical (unpaired) electrons. The van der Waals surface area contributed by atoms with Crippen molar-refractivity contribution >= 4 is 28.8 Å². The normalized spacial score (nSPS) is 10.4. The van der Waals surface area contributed by atoms with E-state index < -0.39 is 0 Å². The number of rotatable bonds is 3. The maximum absolute atomic E-state index is 10.8. The Bertz CT molecular complexity index is 915. The first kappa shape index (κ1) is 14.2. The van der Waals surface area contributed by atoms with Gasteiger partial charge < -0.3 is 0 Å². The molecule has 0 aliphatic carbocycles. The SMILES string of the molecule is N#Cc1cc(Cc2cc(C=O)ccn2)cc2cc(Cl)cnc12. The molecule has 0 aliphatic rings. The van der Waals surface area contributed by atoms with Crippen LogP contribution in [-0.4, -0.2) is 16.3 Å². The molecule has 0 spiro atoms. The Morgan fingerprint density at radius 1 is 1.23 bits per heavy atom. The summed E-state index contributed by atoms with van der Waals surface area (Å²) >= 11 is 5.97. The third-order valence-electron chi connectivity index (χ3n) is 3.29. The third kappa shape index (κ3) is 2.80. The van der Waals surface area contributed by atoms with Crippen LogP contribution in [0.4, 0.5) is 0 Å². The van der Waals surface area contributed by atoms with E-state index in [4.69, 9.17) is 11.6 Å². The molecule has 0 atom stereocenters. The zero-order chi connectivity index (χ0) is 15.5. The number of carbonyl (C=O) groups is 1. The summed E-state index contributed by atoms with van der Waals surface area (Å²) in [5.41, 5.74) is 3.39. The van der Waals surface area contributed by atoms with Crippen molar-refractivity contribution in [3.05, 3.63) is 70.1 Å². The van der Waals surface area contributed by atoms with Gasteiger partial charge in [-0.05, 0) is 35.9 Å². The Labute approximate surface area is 132 Å². The van der Waals surface area contributed by atoms with Gasteiger partial charge in [0.25, 0.3) is 0 Å². The molecule has 22 heavy (non-hydrogen) atoms. The topological polar surface area (TPSA) is 66.6 Å².